The number of carbonyl (C=O) groups excluding carboxylic acids is 1. The fraction of sp³-hybridized carbons (Fsp3) is 0.444. The Hall–Kier alpha value is -2.30. The number of hydrogen-bond acceptors (Lipinski definition) is 3. The van der Waals surface area contributed by atoms with Crippen LogP contribution in [0.3, 0.4) is 0 Å². The van der Waals surface area contributed by atoms with Crippen molar-refractivity contribution < 1.29 is 19.4 Å². The summed E-state index contributed by atoms with van der Waals surface area (Å²) in [4.78, 5) is 25.1. The zero-order chi connectivity index (χ0) is 17.5. The molecule has 0 aromatic heterocycles. The van der Waals surface area contributed by atoms with Gasteiger partial charge in [-0.25, -0.2) is 9.59 Å². The Morgan fingerprint density at radius 3 is 2.39 bits per heavy atom. The lowest BCUT2D eigenvalue weighted by molar-refractivity contribution is -0.143. The molecule has 1 amide bonds. The Balaban J connectivity index is 2.86. The van der Waals surface area contributed by atoms with Gasteiger partial charge >= 0.3 is 12.1 Å². The minimum absolute atomic E-state index is 0.126. The van der Waals surface area contributed by atoms with Crippen molar-refractivity contribution >= 4 is 12.1 Å². The van der Waals surface area contributed by atoms with Crippen molar-refractivity contribution in [1.82, 2.24) is 4.90 Å². The monoisotopic (exact) mass is 319 g/mol. The van der Waals surface area contributed by atoms with Crippen LogP contribution in [0.2, 0.25) is 0 Å². The highest BCUT2D eigenvalue weighted by molar-refractivity contribution is 5.80. The molecule has 0 aliphatic heterocycles. The topological polar surface area (TPSA) is 66.8 Å². The number of carboxylic acid groups (broad SMARTS) is 1. The quantitative estimate of drug-likeness (QED) is 0.781. The van der Waals surface area contributed by atoms with Gasteiger partial charge < -0.3 is 9.84 Å². The van der Waals surface area contributed by atoms with E-state index in [1.165, 1.54) is 11.0 Å². The summed E-state index contributed by atoms with van der Waals surface area (Å²) in [6, 6.07) is 8.63. The standard InChI is InChI=1S/C18H25NO4/c1-5-13-19(17(22)23-18(2,3)4)15(16(20)21)12-11-14-9-7-6-8-10-14/h5-10,15H,1,11-13H2,2-4H3,(H,20,21)/t15-/m0/s1. The van der Waals surface area contributed by atoms with Gasteiger partial charge in [-0.05, 0) is 39.2 Å². The zero-order valence-electron chi connectivity index (χ0n) is 14.0. The van der Waals surface area contributed by atoms with E-state index in [0.717, 1.165) is 5.56 Å². The number of nitrogens with zero attached hydrogens (tertiary/aromatic N) is 1. The highest BCUT2D eigenvalue weighted by atomic mass is 16.6. The van der Waals surface area contributed by atoms with E-state index in [1.54, 1.807) is 20.8 Å². The van der Waals surface area contributed by atoms with Crippen LogP contribution < -0.4 is 0 Å². The average Bonchev–Trinajstić information content (AvgIpc) is 2.45. The summed E-state index contributed by atoms with van der Waals surface area (Å²) in [6.07, 6.45) is 1.74. The van der Waals surface area contributed by atoms with E-state index in [9.17, 15) is 14.7 Å². The van der Waals surface area contributed by atoms with Crippen LogP contribution in [0.1, 0.15) is 32.8 Å². The normalized spacial score (nSPS) is 12.3. The molecule has 23 heavy (non-hydrogen) atoms. The van der Waals surface area contributed by atoms with Gasteiger partial charge in [-0.2, -0.15) is 0 Å². The maximum absolute atomic E-state index is 12.3. The van der Waals surface area contributed by atoms with E-state index in [4.69, 9.17) is 4.74 Å². The predicted octanol–water partition coefficient (Wildman–Crippen LogP) is 3.50. The molecule has 0 radical (unpaired) electrons. The van der Waals surface area contributed by atoms with E-state index in [-0.39, 0.29) is 6.54 Å². The van der Waals surface area contributed by atoms with Crippen molar-refractivity contribution in [3.05, 3.63) is 48.6 Å². The third kappa shape index (κ3) is 6.55. The number of rotatable bonds is 7. The number of amides is 1. The van der Waals surface area contributed by atoms with E-state index in [1.807, 2.05) is 30.3 Å². The molecule has 1 aromatic carbocycles. The molecule has 5 nitrogen and oxygen atoms in total. The van der Waals surface area contributed by atoms with Gasteiger partial charge in [0.15, 0.2) is 0 Å². The molecule has 1 N–H and O–H groups in total. The molecule has 0 fully saturated rings. The summed E-state index contributed by atoms with van der Waals surface area (Å²) in [7, 11) is 0. The molecular formula is C18H25NO4. The largest absolute Gasteiger partial charge is 0.480 e. The molecule has 0 saturated heterocycles. The number of aliphatic carboxylic acids is 1. The number of benzene rings is 1. The Bertz CT molecular complexity index is 534. The summed E-state index contributed by atoms with van der Waals surface area (Å²) in [5.41, 5.74) is 0.348. The summed E-state index contributed by atoms with van der Waals surface area (Å²) >= 11 is 0. The van der Waals surface area contributed by atoms with E-state index < -0.39 is 23.7 Å². The third-order valence-electron chi connectivity index (χ3n) is 3.16. The first kappa shape index (κ1) is 18.7. The second-order valence-corrected chi connectivity index (χ2v) is 6.30. The highest BCUT2D eigenvalue weighted by Crippen LogP contribution is 2.16. The number of carbonyl (C=O) groups is 2. The molecule has 1 atom stereocenters. The van der Waals surface area contributed by atoms with Crippen molar-refractivity contribution in [3.63, 3.8) is 0 Å². The van der Waals surface area contributed by atoms with Crippen LogP contribution >= 0.6 is 0 Å². The molecule has 0 bridgehead atoms. The van der Waals surface area contributed by atoms with E-state index in [0.29, 0.717) is 12.8 Å². The van der Waals surface area contributed by atoms with Gasteiger partial charge in [-0.15, -0.1) is 6.58 Å². The fourth-order valence-electron chi connectivity index (χ4n) is 2.15. The lowest BCUT2D eigenvalue weighted by atomic mass is 10.0. The molecule has 5 heteroatoms. The molecule has 0 aliphatic rings. The smallest absolute Gasteiger partial charge is 0.411 e. The summed E-state index contributed by atoms with van der Waals surface area (Å²) in [6.45, 7) is 8.96. The van der Waals surface area contributed by atoms with Crippen LogP contribution in [-0.4, -0.2) is 40.3 Å². The van der Waals surface area contributed by atoms with Crippen LogP contribution in [0, 0.1) is 0 Å². The van der Waals surface area contributed by atoms with Crippen LogP contribution in [0.5, 0.6) is 0 Å². The first-order chi connectivity index (χ1) is 10.7. The molecule has 0 heterocycles. The minimum atomic E-state index is -1.05. The van der Waals surface area contributed by atoms with Gasteiger partial charge in [0.05, 0.1) is 0 Å². The second kappa shape index (κ2) is 8.36. The van der Waals surface area contributed by atoms with Crippen molar-refractivity contribution in [1.29, 1.82) is 0 Å². The van der Waals surface area contributed by atoms with E-state index in [2.05, 4.69) is 6.58 Å². The maximum Gasteiger partial charge on any atom is 0.411 e. The Morgan fingerprint density at radius 1 is 1.30 bits per heavy atom. The number of hydrogen-bond donors (Lipinski definition) is 1. The molecule has 0 aliphatic carbocycles. The minimum Gasteiger partial charge on any atom is -0.480 e. The Kier molecular flexibility index (Phi) is 6.82. The van der Waals surface area contributed by atoms with Crippen LogP contribution in [0.15, 0.2) is 43.0 Å². The first-order valence-electron chi connectivity index (χ1n) is 7.62. The maximum atomic E-state index is 12.3. The van der Waals surface area contributed by atoms with Crippen molar-refractivity contribution in [2.45, 2.75) is 45.3 Å². The number of carboxylic acids is 1. The first-order valence-corrected chi connectivity index (χ1v) is 7.62. The molecule has 0 saturated carbocycles. The second-order valence-electron chi connectivity index (χ2n) is 6.30. The molecule has 126 valence electrons. The van der Waals surface area contributed by atoms with Gasteiger partial charge in [0.2, 0.25) is 0 Å². The molecule has 1 rings (SSSR count). The van der Waals surface area contributed by atoms with Crippen molar-refractivity contribution in [2.75, 3.05) is 6.54 Å². The Morgan fingerprint density at radius 2 is 1.91 bits per heavy atom. The number of ether oxygens (including phenoxy) is 1. The number of aryl methyl sites for hydroxylation is 1. The van der Waals surface area contributed by atoms with Gasteiger partial charge in [0.25, 0.3) is 0 Å². The SMILES string of the molecule is C=CCN(C(=O)OC(C)(C)C)[C@@H](CCc1ccccc1)C(=O)O. The summed E-state index contributed by atoms with van der Waals surface area (Å²) in [5.74, 6) is -1.05. The van der Waals surface area contributed by atoms with Gasteiger partial charge in [-0.3, -0.25) is 4.90 Å². The molecule has 0 unspecified atom stereocenters. The van der Waals surface area contributed by atoms with Crippen LogP contribution in [0.4, 0.5) is 4.79 Å². The Labute approximate surface area is 137 Å². The zero-order valence-corrected chi connectivity index (χ0v) is 14.0. The van der Waals surface area contributed by atoms with Crippen LogP contribution in [0.25, 0.3) is 0 Å². The summed E-state index contributed by atoms with van der Waals surface area (Å²) in [5, 5.41) is 9.51. The lowest BCUT2D eigenvalue weighted by Gasteiger charge is -2.30. The highest BCUT2D eigenvalue weighted by Gasteiger charge is 2.31. The van der Waals surface area contributed by atoms with Gasteiger partial charge in [0, 0.05) is 6.54 Å². The van der Waals surface area contributed by atoms with Crippen molar-refractivity contribution in [3.8, 4) is 0 Å². The van der Waals surface area contributed by atoms with E-state index >= 15 is 0 Å². The predicted molar refractivity (Wildman–Crippen MR) is 89.3 cm³/mol. The fourth-order valence-corrected chi connectivity index (χ4v) is 2.15. The molecule has 0 spiro atoms. The van der Waals surface area contributed by atoms with Crippen molar-refractivity contribution in [2.24, 2.45) is 0 Å². The molecular weight excluding hydrogens is 294 g/mol. The molecule has 1 aromatic rings. The summed E-state index contributed by atoms with van der Waals surface area (Å²) < 4.78 is 5.31. The lowest BCUT2D eigenvalue weighted by Crippen LogP contribution is -2.47. The third-order valence-corrected chi connectivity index (χ3v) is 3.16. The average molecular weight is 319 g/mol. The van der Waals surface area contributed by atoms with Gasteiger partial charge in [-0.1, -0.05) is 36.4 Å². The van der Waals surface area contributed by atoms with Gasteiger partial charge in [0.1, 0.15) is 11.6 Å². The van der Waals surface area contributed by atoms with Crippen LogP contribution in [-0.2, 0) is 16.0 Å².